The Morgan fingerprint density at radius 2 is 1.53 bits per heavy atom. The second-order valence-corrected chi connectivity index (χ2v) is 8.72. The van der Waals surface area contributed by atoms with E-state index in [1.165, 1.54) is 39.3 Å². The summed E-state index contributed by atoms with van der Waals surface area (Å²) < 4.78 is 2.36. The Hall–Kier alpha value is -3.13. The molecule has 2 nitrogen and oxygen atoms in total. The lowest BCUT2D eigenvalue weighted by molar-refractivity contribution is -0.401. The van der Waals surface area contributed by atoms with Gasteiger partial charge in [-0.3, -0.25) is 0 Å². The minimum atomic E-state index is -0.0719. The van der Waals surface area contributed by atoms with Gasteiger partial charge in [0.2, 0.25) is 5.69 Å². The van der Waals surface area contributed by atoms with Crippen LogP contribution in [0.2, 0.25) is 0 Å². The van der Waals surface area contributed by atoms with Crippen LogP contribution >= 0.6 is 0 Å². The molecular formula is C28H31N2+. The minimum Gasteiger partial charge on any atom is -0.378 e. The highest BCUT2D eigenvalue weighted by Crippen LogP contribution is 2.42. The average Bonchev–Trinajstić information content (AvgIpc) is 2.95. The van der Waals surface area contributed by atoms with Crippen molar-refractivity contribution in [3.8, 4) is 0 Å². The summed E-state index contributed by atoms with van der Waals surface area (Å²) >= 11 is 0. The summed E-state index contributed by atoms with van der Waals surface area (Å²) in [6.45, 7) is 4.60. The van der Waals surface area contributed by atoms with Gasteiger partial charge in [-0.15, -0.1) is 0 Å². The van der Waals surface area contributed by atoms with Gasteiger partial charge >= 0.3 is 0 Å². The van der Waals surface area contributed by atoms with Crippen LogP contribution in [-0.4, -0.2) is 31.4 Å². The normalized spacial score (nSPS) is 18.2. The van der Waals surface area contributed by atoms with E-state index in [1.54, 1.807) is 0 Å². The largest absolute Gasteiger partial charge is 0.378 e. The topological polar surface area (TPSA) is 6.25 Å². The molecule has 0 amide bonds. The molecule has 30 heavy (non-hydrogen) atoms. The molecule has 2 heteroatoms. The quantitative estimate of drug-likeness (QED) is 0.480. The average molecular weight is 396 g/mol. The second kappa shape index (κ2) is 7.95. The fourth-order valence-electron chi connectivity index (χ4n) is 4.60. The Kier molecular flexibility index (Phi) is 5.34. The van der Waals surface area contributed by atoms with E-state index in [0.717, 1.165) is 6.42 Å². The smallest absolute Gasteiger partial charge is 0.209 e. The van der Waals surface area contributed by atoms with Gasteiger partial charge in [-0.1, -0.05) is 54.6 Å². The van der Waals surface area contributed by atoms with Gasteiger partial charge in [-0.2, -0.15) is 4.58 Å². The monoisotopic (exact) mass is 395 g/mol. The first-order valence-electron chi connectivity index (χ1n) is 10.6. The van der Waals surface area contributed by atoms with Crippen molar-refractivity contribution in [2.24, 2.45) is 0 Å². The molecule has 1 unspecified atom stereocenters. The molecule has 152 valence electrons. The number of hydrogen-bond donors (Lipinski definition) is 0. The number of anilines is 1. The van der Waals surface area contributed by atoms with Crippen LogP contribution < -0.4 is 4.90 Å². The number of benzene rings is 3. The third-order valence-corrected chi connectivity index (χ3v) is 6.43. The predicted octanol–water partition coefficient (Wildman–Crippen LogP) is 6.00. The van der Waals surface area contributed by atoms with E-state index in [9.17, 15) is 0 Å². The van der Waals surface area contributed by atoms with Crippen LogP contribution in [0.3, 0.4) is 0 Å². The Bertz CT molecular complexity index is 1120. The molecule has 1 aliphatic heterocycles. The lowest BCUT2D eigenvalue weighted by Gasteiger charge is -2.23. The predicted molar refractivity (Wildman–Crippen MR) is 129 cm³/mol. The maximum absolute atomic E-state index is 2.39. The Balaban J connectivity index is 1.74. The van der Waals surface area contributed by atoms with Crippen LogP contribution in [0.1, 0.15) is 29.2 Å². The van der Waals surface area contributed by atoms with Crippen LogP contribution in [0.5, 0.6) is 0 Å². The molecule has 3 aromatic rings. The van der Waals surface area contributed by atoms with Crippen molar-refractivity contribution in [1.82, 2.24) is 0 Å². The molecule has 0 saturated carbocycles. The highest BCUT2D eigenvalue weighted by Gasteiger charge is 2.46. The van der Waals surface area contributed by atoms with E-state index < -0.39 is 0 Å². The molecule has 1 atom stereocenters. The van der Waals surface area contributed by atoms with Crippen LogP contribution in [0, 0.1) is 6.92 Å². The fraction of sp³-hybridized carbons (Fsp3) is 0.250. The highest BCUT2D eigenvalue weighted by atomic mass is 15.1. The SMILES string of the molecule is Cc1ccccc1CC1(C)C(C=Cc2ccc(N(C)C)cc2)=[N+](C)c2ccccc21. The highest BCUT2D eigenvalue weighted by molar-refractivity contribution is 6.05. The standard InChI is InChI=1S/C28H31N2/c1-21-10-6-7-11-23(21)20-28(2)25-12-8-9-13-26(25)30(5)27(28)19-16-22-14-17-24(18-15-22)29(3)4/h6-19H,20H2,1-5H3/q+1. The summed E-state index contributed by atoms with van der Waals surface area (Å²) in [5, 5.41) is 0. The molecule has 0 N–H and O–H groups in total. The fourth-order valence-corrected chi connectivity index (χ4v) is 4.60. The van der Waals surface area contributed by atoms with Gasteiger partial charge in [0.05, 0.1) is 5.41 Å². The van der Waals surface area contributed by atoms with Crippen molar-refractivity contribution < 1.29 is 4.58 Å². The van der Waals surface area contributed by atoms with Crippen LogP contribution in [0.4, 0.5) is 11.4 Å². The van der Waals surface area contributed by atoms with Gasteiger partial charge in [-0.05, 0) is 55.2 Å². The Morgan fingerprint density at radius 1 is 0.867 bits per heavy atom. The number of rotatable bonds is 5. The molecule has 0 saturated heterocycles. The van der Waals surface area contributed by atoms with Crippen LogP contribution in [0.25, 0.3) is 6.08 Å². The number of fused-ring (bicyclic) bond motifs is 1. The maximum atomic E-state index is 2.39. The third kappa shape index (κ3) is 3.59. The van der Waals surface area contributed by atoms with Crippen molar-refractivity contribution in [3.63, 3.8) is 0 Å². The van der Waals surface area contributed by atoms with E-state index in [1.807, 2.05) is 0 Å². The summed E-state index contributed by atoms with van der Waals surface area (Å²) in [5.74, 6) is 0. The van der Waals surface area contributed by atoms with Crippen LogP contribution in [-0.2, 0) is 11.8 Å². The number of para-hydroxylation sites is 1. The molecule has 1 aliphatic rings. The van der Waals surface area contributed by atoms with Gasteiger partial charge in [0.1, 0.15) is 7.05 Å². The summed E-state index contributed by atoms with van der Waals surface area (Å²) in [6, 6.07) is 26.3. The van der Waals surface area contributed by atoms with Crippen molar-refractivity contribution in [1.29, 1.82) is 0 Å². The molecule has 1 heterocycles. The first kappa shape index (κ1) is 20.2. The van der Waals surface area contributed by atoms with E-state index in [2.05, 4.69) is 129 Å². The summed E-state index contributed by atoms with van der Waals surface area (Å²) in [6.07, 6.45) is 5.54. The first-order chi connectivity index (χ1) is 14.4. The molecular weight excluding hydrogens is 364 g/mol. The lowest BCUT2D eigenvalue weighted by atomic mass is 9.74. The number of allylic oxidation sites excluding steroid dienone is 1. The number of hydrogen-bond acceptors (Lipinski definition) is 1. The summed E-state index contributed by atoms with van der Waals surface area (Å²) in [4.78, 5) is 2.13. The van der Waals surface area contributed by atoms with E-state index in [0.29, 0.717) is 0 Å². The van der Waals surface area contributed by atoms with Crippen molar-refractivity contribution >= 4 is 23.2 Å². The second-order valence-electron chi connectivity index (χ2n) is 8.72. The zero-order chi connectivity index (χ0) is 21.3. The maximum Gasteiger partial charge on any atom is 0.209 e. The summed E-state index contributed by atoms with van der Waals surface area (Å²) in [5.41, 5.74) is 9.17. The third-order valence-electron chi connectivity index (χ3n) is 6.43. The molecule has 0 aliphatic carbocycles. The van der Waals surface area contributed by atoms with Gasteiger partial charge in [0.15, 0.2) is 5.71 Å². The van der Waals surface area contributed by atoms with Gasteiger partial charge < -0.3 is 4.90 Å². The van der Waals surface area contributed by atoms with E-state index in [4.69, 9.17) is 0 Å². The zero-order valence-corrected chi connectivity index (χ0v) is 18.7. The van der Waals surface area contributed by atoms with Crippen molar-refractivity contribution in [2.75, 3.05) is 26.0 Å². The molecule has 3 aromatic carbocycles. The van der Waals surface area contributed by atoms with E-state index in [-0.39, 0.29) is 5.41 Å². The lowest BCUT2D eigenvalue weighted by Crippen LogP contribution is -2.33. The minimum absolute atomic E-state index is 0.0719. The first-order valence-corrected chi connectivity index (χ1v) is 10.6. The molecule has 4 rings (SSSR count). The zero-order valence-electron chi connectivity index (χ0n) is 18.7. The van der Waals surface area contributed by atoms with Gasteiger partial charge in [0, 0.05) is 37.5 Å². The molecule has 0 fully saturated rings. The summed E-state index contributed by atoms with van der Waals surface area (Å²) in [7, 11) is 6.33. The Morgan fingerprint density at radius 3 is 2.23 bits per heavy atom. The molecule has 0 bridgehead atoms. The number of aryl methyl sites for hydroxylation is 1. The molecule has 0 spiro atoms. The van der Waals surface area contributed by atoms with Gasteiger partial charge in [0.25, 0.3) is 0 Å². The molecule has 0 radical (unpaired) electrons. The van der Waals surface area contributed by atoms with Crippen molar-refractivity contribution in [2.45, 2.75) is 25.7 Å². The van der Waals surface area contributed by atoms with Gasteiger partial charge in [-0.25, -0.2) is 0 Å². The number of nitrogens with zero attached hydrogens (tertiary/aromatic N) is 2. The van der Waals surface area contributed by atoms with E-state index >= 15 is 0 Å². The van der Waals surface area contributed by atoms with Crippen molar-refractivity contribution in [3.05, 3.63) is 101 Å². The van der Waals surface area contributed by atoms with Crippen LogP contribution in [0.15, 0.2) is 78.9 Å². The Labute approximate surface area is 180 Å². The molecule has 0 aromatic heterocycles.